The second-order valence-corrected chi connectivity index (χ2v) is 5.99. The van der Waals surface area contributed by atoms with E-state index in [4.69, 9.17) is 0 Å². The highest BCUT2D eigenvalue weighted by atomic mass is 79.9. The number of benzene rings is 2. The van der Waals surface area contributed by atoms with Crippen molar-refractivity contribution in [2.24, 2.45) is 0 Å². The van der Waals surface area contributed by atoms with Crippen LogP contribution in [0.5, 0.6) is 0 Å². The van der Waals surface area contributed by atoms with E-state index in [-0.39, 0.29) is 22.9 Å². The number of hydrogen-bond acceptors (Lipinski definition) is 3. The first-order valence-electron chi connectivity index (χ1n) is 7.58. The molecule has 6 heteroatoms. The molecule has 0 unspecified atom stereocenters. The second-order valence-electron chi connectivity index (χ2n) is 5.14. The van der Waals surface area contributed by atoms with Crippen LogP contribution in [0.4, 0.5) is 5.13 Å². The van der Waals surface area contributed by atoms with Crippen molar-refractivity contribution >= 4 is 22.4 Å². The maximum atomic E-state index is 12.2. The summed E-state index contributed by atoms with van der Waals surface area (Å²) in [7, 11) is 0. The maximum Gasteiger partial charge on any atom is 0.358 e. The number of rotatable bonds is 6. The topological polar surface area (TPSA) is 45.0 Å². The summed E-state index contributed by atoms with van der Waals surface area (Å²) < 4.78 is 2.08. The molecule has 0 aliphatic heterocycles. The third-order valence-corrected chi connectivity index (χ3v) is 4.41. The predicted molar refractivity (Wildman–Crippen MR) is 97.7 cm³/mol. The van der Waals surface area contributed by atoms with Gasteiger partial charge >= 0.3 is 5.13 Å². The molecule has 4 nitrogen and oxygen atoms in total. The van der Waals surface area contributed by atoms with E-state index in [1.807, 2.05) is 42.5 Å². The minimum absolute atomic E-state index is 0. The van der Waals surface area contributed by atoms with Crippen LogP contribution in [0.1, 0.15) is 10.4 Å². The molecule has 0 aliphatic rings. The SMILES string of the molecule is C=CC[n+]1c(-c2ccccc2)csc1NNC(=O)c1ccccc1.[Br-]. The summed E-state index contributed by atoms with van der Waals surface area (Å²) in [5.74, 6) is -0.171. The lowest BCUT2D eigenvalue weighted by atomic mass is 10.2. The molecule has 0 saturated carbocycles. The molecule has 0 radical (unpaired) electrons. The van der Waals surface area contributed by atoms with Crippen LogP contribution in [-0.2, 0) is 6.54 Å². The highest BCUT2D eigenvalue weighted by molar-refractivity contribution is 7.13. The Morgan fingerprint density at radius 2 is 1.72 bits per heavy atom. The molecule has 1 aromatic heterocycles. The third-order valence-electron chi connectivity index (χ3n) is 3.52. The zero-order valence-corrected chi connectivity index (χ0v) is 15.9. The molecule has 3 rings (SSSR count). The average Bonchev–Trinajstić information content (AvgIpc) is 3.04. The molecule has 2 aromatic carbocycles. The number of nitrogens with zero attached hydrogens (tertiary/aromatic N) is 1. The normalized spacial score (nSPS) is 9.76. The highest BCUT2D eigenvalue weighted by Crippen LogP contribution is 2.22. The van der Waals surface area contributed by atoms with Crippen molar-refractivity contribution < 1.29 is 26.3 Å². The summed E-state index contributed by atoms with van der Waals surface area (Å²) in [6.07, 6.45) is 1.84. The monoisotopic (exact) mass is 415 g/mol. The van der Waals surface area contributed by atoms with Gasteiger partial charge in [0.2, 0.25) is 0 Å². The molecule has 1 amide bonds. The largest absolute Gasteiger partial charge is 1.00 e. The van der Waals surface area contributed by atoms with Gasteiger partial charge in [-0.05, 0) is 12.1 Å². The van der Waals surface area contributed by atoms with Gasteiger partial charge in [-0.2, -0.15) is 10.9 Å². The van der Waals surface area contributed by atoms with E-state index in [0.29, 0.717) is 12.1 Å². The lowest BCUT2D eigenvalue weighted by Crippen LogP contribution is -3.00. The summed E-state index contributed by atoms with van der Waals surface area (Å²) in [5, 5.41) is 2.91. The Hall–Kier alpha value is -2.44. The molecule has 0 spiro atoms. The average molecular weight is 416 g/mol. The molecule has 2 N–H and O–H groups in total. The van der Waals surface area contributed by atoms with Crippen molar-refractivity contribution in [1.82, 2.24) is 5.43 Å². The number of anilines is 1. The molecule has 1 heterocycles. The zero-order valence-electron chi connectivity index (χ0n) is 13.5. The standard InChI is InChI=1S/C19H17N3OS.BrH/c1-2-13-22-17(15-9-5-3-6-10-15)14-24-19(22)21-20-18(23)16-11-7-4-8-12-16;/h2-12,14H,1,13H2,(H,20,23);1H. The van der Waals surface area contributed by atoms with E-state index >= 15 is 0 Å². The maximum absolute atomic E-state index is 12.2. The minimum Gasteiger partial charge on any atom is -1.00 e. The summed E-state index contributed by atoms with van der Waals surface area (Å²) in [6, 6.07) is 19.3. The molecule has 0 fully saturated rings. The van der Waals surface area contributed by atoms with Crippen molar-refractivity contribution in [3.05, 3.63) is 84.3 Å². The van der Waals surface area contributed by atoms with Gasteiger partial charge in [0.25, 0.3) is 5.91 Å². The molecule has 0 bridgehead atoms. The second kappa shape index (κ2) is 9.15. The minimum atomic E-state index is -0.171. The Labute approximate surface area is 161 Å². The molecule has 0 atom stereocenters. The van der Waals surface area contributed by atoms with Crippen LogP contribution in [0.2, 0.25) is 0 Å². The number of aromatic nitrogens is 1. The first-order valence-corrected chi connectivity index (χ1v) is 8.46. The Kier molecular flexibility index (Phi) is 6.91. The number of amides is 1. The van der Waals surface area contributed by atoms with Gasteiger partial charge in [-0.3, -0.25) is 4.79 Å². The number of hydrogen-bond donors (Lipinski definition) is 2. The molecule has 0 aliphatic carbocycles. The van der Waals surface area contributed by atoms with Gasteiger partial charge in [0.05, 0.1) is 0 Å². The van der Waals surface area contributed by atoms with Crippen molar-refractivity contribution in [3.8, 4) is 11.3 Å². The van der Waals surface area contributed by atoms with E-state index in [2.05, 4.69) is 39.5 Å². The fourth-order valence-electron chi connectivity index (χ4n) is 2.36. The molecule has 3 aromatic rings. The van der Waals surface area contributed by atoms with E-state index in [1.165, 1.54) is 11.3 Å². The third kappa shape index (κ3) is 4.55. The first-order chi connectivity index (χ1) is 11.8. The summed E-state index contributed by atoms with van der Waals surface area (Å²) >= 11 is 1.54. The van der Waals surface area contributed by atoms with Crippen LogP contribution >= 0.6 is 11.3 Å². The number of allylic oxidation sites excluding steroid dienone is 1. The van der Waals surface area contributed by atoms with Gasteiger partial charge in [-0.1, -0.05) is 72.5 Å². The molecule has 0 saturated heterocycles. The highest BCUT2D eigenvalue weighted by Gasteiger charge is 2.19. The molecular weight excluding hydrogens is 398 g/mol. The van der Waals surface area contributed by atoms with Crippen molar-refractivity contribution in [1.29, 1.82) is 0 Å². The van der Waals surface area contributed by atoms with Crippen LogP contribution in [-0.4, -0.2) is 5.91 Å². The van der Waals surface area contributed by atoms with Gasteiger partial charge in [0, 0.05) is 16.5 Å². The van der Waals surface area contributed by atoms with Crippen LogP contribution in [0, 0.1) is 0 Å². The Bertz CT molecular complexity index is 834. The number of halogens is 1. The van der Waals surface area contributed by atoms with Crippen LogP contribution < -0.4 is 32.4 Å². The number of hydrazine groups is 1. The van der Waals surface area contributed by atoms with E-state index in [1.54, 1.807) is 12.1 Å². The number of nitrogens with one attached hydrogen (secondary N) is 2. The van der Waals surface area contributed by atoms with E-state index in [0.717, 1.165) is 16.4 Å². The molecule has 25 heavy (non-hydrogen) atoms. The van der Waals surface area contributed by atoms with Gasteiger partial charge < -0.3 is 17.0 Å². The fourth-order valence-corrected chi connectivity index (χ4v) is 3.26. The number of carbonyl (C=O) groups is 1. The zero-order chi connectivity index (χ0) is 16.8. The van der Waals surface area contributed by atoms with Crippen molar-refractivity contribution in [3.63, 3.8) is 0 Å². The Morgan fingerprint density at radius 3 is 2.36 bits per heavy atom. The quantitative estimate of drug-likeness (QED) is 0.352. The summed E-state index contributed by atoms with van der Waals surface area (Å²) in [6.45, 7) is 4.47. The Balaban J connectivity index is 0.00000225. The van der Waals surface area contributed by atoms with Crippen LogP contribution in [0.3, 0.4) is 0 Å². The fraction of sp³-hybridized carbons (Fsp3) is 0.0526. The van der Waals surface area contributed by atoms with Crippen LogP contribution in [0.15, 0.2) is 78.7 Å². The van der Waals surface area contributed by atoms with E-state index < -0.39 is 0 Å². The van der Waals surface area contributed by atoms with Gasteiger partial charge in [0.1, 0.15) is 12.2 Å². The Morgan fingerprint density at radius 1 is 1.08 bits per heavy atom. The number of thiazole rings is 1. The van der Waals surface area contributed by atoms with Crippen molar-refractivity contribution in [2.75, 3.05) is 5.43 Å². The van der Waals surface area contributed by atoms with Gasteiger partial charge in [-0.15, -0.1) is 0 Å². The molecule has 128 valence electrons. The lowest BCUT2D eigenvalue weighted by Gasteiger charge is -2.05. The first kappa shape index (κ1) is 18.9. The lowest BCUT2D eigenvalue weighted by molar-refractivity contribution is -0.658. The van der Waals surface area contributed by atoms with Crippen molar-refractivity contribution in [2.45, 2.75) is 6.54 Å². The van der Waals surface area contributed by atoms with Gasteiger partial charge in [-0.25, -0.2) is 4.57 Å². The van der Waals surface area contributed by atoms with E-state index in [9.17, 15) is 4.79 Å². The number of carbonyl (C=O) groups excluding carboxylic acids is 1. The summed E-state index contributed by atoms with van der Waals surface area (Å²) in [5.41, 5.74) is 8.58. The summed E-state index contributed by atoms with van der Waals surface area (Å²) in [4.78, 5) is 12.2. The molecular formula is C19H18BrN3OS. The smallest absolute Gasteiger partial charge is 0.358 e. The van der Waals surface area contributed by atoms with Gasteiger partial charge in [0.15, 0.2) is 0 Å². The predicted octanol–water partition coefficient (Wildman–Crippen LogP) is 0.649. The van der Waals surface area contributed by atoms with Crippen LogP contribution in [0.25, 0.3) is 11.3 Å².